The summed E-state index contributed by atoms with van der Waals surface area (Å²) in [5, 5.41) is 7.76. The summed E-state index contributed by atoms with van der Waals surface area (Å²) in [6.45, 7) is 6.83. The van der Waals surface area contributed by atoms with Gasteiger partial charge in [-0.1, -0.05) is 26.0 Å². The molecule has 1 aliphatic rings. The molecule has 5 nitrogen and oxygen atoms in total. The Bertz CT molecular complexity index is 780. The van der Waals surface area contributed by atoms with Gasteiger partial charge in [-0.05, 0) is 29.7 Å². The van der Waals surface area contributed by atoms with E-state index in [0.717, 1.165) is 31.0 Å². The molecule has 1 saturated heterocycles. The van der Waals surface area contributed by atoms with Crippen molar-refractivity contribution in [2.45, 2.75) is 31.6 Å². The van der Waals surface area contributed by atoms with Crippen molar-refractivity contribution in [3.05, 3.63) is 53.6 Å². The molecule has 1 atom stereocenters. The molecule has 1 aromatic carbocycles. The van der Waals surface area contributed by atoms with Crippen LogP contribution in [0.15, 0.2) is 41.7 Å². The first-order valence-electron chi connectivity index (χ1n) is 9.09. The van der Waals surface area contributed by atoms with Crippen molar-refractivity contribution in [3.8, 4) is 0 Å². The lowest BCUT2D eigenvalue weighted by Gasteiger charge is -2.29. The second-order valence-corrected chi connectivity index (χ2v) is 7.67. The van der Waals surface area contributed by atoms with Crippen molar-refractivity contribution in [2.75, 3.05) is 26.7 Å². The summed E-state index contributed by atoms with van der Waals surface area (Å²) in [7, 11) is 3.76. The molecular weight excluding hydrogens is 329 g/mol. The summed E-state index contributed by atoms with van der Waals surface area (Å²) < 4.78 is 15.4. The predicted molar refractivity (Wildman–Crippen MR) is 103 cm³/mol. The van der Waals surface area contributed by atoms with Crippen LogP contribution in [0.3, 0.4) is 0 Å². The first-order chi connectivity index (χ1) is 12.4. The average molecular weight is 357 g/mol. The predicted octanol–water partition coefficient (Wildman–Crippen LogP) is 2.90. The molecule has 2 heterocycles. The molecule has 26 heavy (non-hydrogen) atoms. The number of guanidine groups is 1. The number of aryl methyl sites for hydroxylation is 1. The quantitative estimate of drug-likeness (QED) is 0.676. The van der Waals surface area contributed by atoms with E-state index in [0.29, 0.717) is 12.5 Å². The summed E-state index contributed by atoms with van der Waals surface area (Å²) >= 11 is 0. The van der Waals surface area contributed by atoms with Gasteiger partial charge in [0, 0.05) is 51.3 Å². The molecule has 140 valence electrons. The molecule has 2 aromatic rings. The van der Waals surface area contributed by atoms with Crippen LogP contribution in [0.25, 0.3) is 0 Å². The monoisotopic (exact) mass is 357 g/mol. The highest BCUT2D eigenvalue weighted by molar-refractivity contribution is 5.80. The highest BCUT2D eigenvalue weighted by Gasteiger charge is 2.28. The Morgan fingerprint density at radius 1 is 1.42 bits per heavy atom. The number of likely N-dealkylation sites (tertiary alicyclic amines) is 1. The summed E-state index contributed by atoms with van der Waals surface area (Å²) in [5.74, 6) is 1.19. The molecule has 1 aromatic heterocycles. The Balaban J connectivity index is 1.61. The summed E-state index contributed by atoms with van der Waals surface area (Å²) in [5.41, 5.74) is 2.07. The highest BCUT2D eigenvalue weighted by atomic mass is 19.1. The normalized spacial score (nSPS) is 18.4. The Morgan fingerprint density at radius 2 is 2.23 bits per heavy atom. The molecule has 1 unspecified atom stereocenters. The Labute approximate surface area is 154 Å². The van der Waals surface area contributed by atoms with Crippen LogP contribution in [0.4, 0.5) is 4.39 Å². The van der Waals surface area contributed by atoms with Gasteiger partial charge in [0.2, 0.25) is 0 Å². The largest absolute Gasteiger partial charge is 0.355 e. The van der Waals surface area contributed by atoms with E-state index in [1.165, 1.54) is 11.6 Å². The zero-order valence-electron chi connectivity index (χ0n) is 16.0. The second kappa shape index (κ2) is 7.48. The lowest BCUT2D eigenvalue weighted by atomic mass is 9.84. The van der Waals surface area contributed by atoms with E-state index in [1.807, 2.05) is 31.0 Å². The third-order valence-corrected chi connectivity index (χ3v) is 5.19. The van der Waals surface area contributed by atoms with Crippen LogP contribution in [0, 0.1) is 5.82 Å². The maximum atomic E-state index is 13.6. The van der Waals surface area contributed by atoms with E-state index >= 15 is 0 Å². The number of halogens is 1. The molecule has 0 aliphatic carbocycles. The van der Waals surface area contributed by atoms with Crippen molar-refractivity contribution in [1.29, 1.82) is 0 Å². The van der Waals surface area contributed by atoms with Crippen LogP contribution in [0.5, 0.6) is 0 Å². The number of nitrogens with zero attached hydrogens (tertiary/aromatic N) is 4. The van der Waals surface area contributed by atoms with Crippen molar-refractivity contribution in [2.24, 2.45) is 12.0 Å². The van der Waals surface area contributed by atoms with Crippen molar-refractivity contribution < 1.29 is 4.39 Å². The summed E-state index contributed by atoms with van der Waals surface area (Å²) in [4.78, 5) is 6.75. The van der Waals surface area contributed by atoms with Crippen LogP contribution in [-0.2, 0) is 12.5 Å². The van der Waals surface area contributed by atoms with Gasteiger partial charge < -0.3 is 10.2 Å². The standard InChI is InChI=1S/C20H28FN5/c1-20(2,17-6-5-7-18(21)10-17)14-23-19(22-3)26-9-8-15(13-26)16-11-24-25(4)12-16/h5-7,10-12,15H,8-9,13-14H2,1-4H3,(H,22,23). The maximum absolute atomic E-state index is 13.6. The molecule has 0 radical (unpaired) electrons. The fourth-order valence-electron chi connectivity index (χ4n) is 3.52. The van der Waals surface area contributed by atoms with E-state index < -0.39 is 0 Å². The van der Waals surface area contributed by atoms with E-state index in [2.05, 4.69) is 40.4 Å². The minimum atomic E-state index is -0.196. The second-order valence-electron chi connectivity index (χ2n) is 7.67. The van der Waals surface area contributed by atoms with Crippen LogP contribution in [-0.4, -0.2) is 47.3 Å². The molecule has 1 N–H and O–H groups in total. The van der Waals surface area contributed by atoms with Gasteiger partial charge in [-0.3, -0.25) is 9.67 Å². The third-order valence-electron chi connectivity index (χ3n) is 5.19. The first-order valence-corrected chi connectivity index (χ1v) is 9.09. The van der Waals surface area contributed by atoms with E-state index in [1.54, 1.807) is 12.1 Å². The topological polar surface area (TPSA) is 45.5 Å². The molecular formula is C20H28FN5. The molecule has 1 fully saturated rings. The first kappa shape index (κ1) is 18.4. The summed E-state index contributed by atoms with van der Waals surface area (Å²) in [6, 6.07) is 6.83. The van der Waals surface area contributed by atoms with Crippen LogP contribution >= 0.6 is 0 Å². The van der Waals surface area contributed by atoms with Gasteiger partial charge in [-0.15, -0.1) is 0 Å². The SMILES string of the molecule is CN=C(NCC(C)(C)c1cccc(F)c1)N1CCC(c2cnn(C)c2)C1. The minimum absolute atomic E-state index is 0.194. The number of nitrogens with one attached hydrogen (secondary N) is 1. The third kappa shape index (κ3) is 4.06. The van der Waals surface area contributed by atoms with E-state index in [-0.39, 0.29) is 11.2 Å². The Morgan fingerprint density at radius 3 is 2.88 bits per heavy atom. The zero-order chi connectivity index (χ0) is 18.7. The van der Waals surface area contributed by atoms with Crippen molar-refractivity contribution >= 4 is 5.96 Å². The molecule has 0 bridgehead atoms. The van der Waals surface area contributed by atoms with Gasteiger partial charge in [0.25, 0.3) is 0 Å². The molecule has 0 amide bonds. The van der Waals surface area contributed by atoms with Gasteiger partial charge in [0.15, 0.2) is 5.96 Å². The fraction of sp³-hybridized carbons (Fsp3) is 0.500. The van der Waals surface area contributed by atoms with E-state index in [4.69, 9.17) is 0 Å². The van der Waals surface area contributed by atoms with Gasteiger partial charge >= 0.3 is 0 Å². The lowest BCUT2D eigenvalue weighted by Crippen LogP contribution is -2.45. The van der Waals surface area contributed by atoms with Gasteiger partial charge in [-0.2, -0.15) is 5.10 Å². The van der Waals surface area contributed by atoms with Crippen LogP contribution in [0.1, 0.15) is 37.3 Å². The van der Waals surface area contributed by atoms with Crippen molar-refractivity contribution in [1.82, 2.24) is 20.0 Å². The van der Waals surface area contributed by atoms with Crippen LogP contribution < -0.4 is 5.32 Å². The minimum Gasteiger partial charge on any atom is -0.355 e. The molecule has 3 rings (SSSR count). The van der Waals surface area contributed by atoms with Crippen LogP contribution in [0.2, 0.25) is 0 Å². The Kier molecular flexibility index (Phi) is 5.30. The van der Waals surface area contributed by atoms with Gasteiger partial charge in [0.05, 0.1) is 6.20 Å². The molecule has 0 spiro atoms. The number of aromatic nitrogens is 2. The molecule has 6 heteroatoms. The van der Waals surface area contributed by atoms with Gasteiger partial charge in [-0.25, -0.2) is 4.39 Å². The van der Waals surface area contributed by atoms with Gasteiger partial charge in [0.1, 0.15) is 5.82 Å². The zero-order valence-corrected chi connectivity index (χ0v) is 16.0. The average Bonchev–Trinajstić information content (AvgIpc) is 3.24. The maximum Gasteiger partial charge on any atom is 0.193 e. The molecule has 1 aliphatic heterocycles. The fourth-order valence-corrected chi connectivity index (χ4v) is 3.52. The number of rotatable bonds is 4. The highest BCUT2D eigenvalue weighted by Crippen LogP contribution is 2.27. The van der Waals surface area contributed by atoms with E-state index in [9.17, 15) is 4.39 Å². The lowest BCUT2D eigenvalue weighted by molar-refractivity contribution is 0.453. The number of benzene rings is 1. The Hall–Kier alpha value is -2.37. The number of aliphatic imine (C=N–C) groups is 1. The number of hydrogen-bond donors (Lipinski definition) is 1. The molecule has 0 saturated carbocycles. The summed E-state index contributed by atoms with van der Waals surface area (Å²) in [6.07, 6.45) is 5.15. The number of hydrogen-bond acceptors (Lipinski definition) is 2. The van der Waals surface area contributed by atoms with Crippen molar-refractivity contribution in [3.63, 3.8) is 0 Å². The smallest absolute Gasteiger partial charge is 0.193 e.